The summed E-state index contributed by atoms with van der Waals surface area (Å²) in [7, 11) is 0. The van der Waals surface area contributed by atoms with Gasteiger partial charge in [0.1, 0.15) is 18.5 Å². The van der Waals surface area contributed by atoms with Crippen LogP contribution in [0.1, 0.15) is 35.3 Å². The van der Waals surface area contributed by atoms with E-state index in [1.54, 1.807) is 12.1 Å². The average Bonchev–Trinajstić information content (AvgIpc) is 2.65. The van der Waals surface area contributed by atoms with Gasteiger partial charge < -0.3 is 19.7 Å². The molecular weight excluding hydrogens is 332 g/mol. The van der Waals surface area contributed by atoms with E-state index in [4.69, 9.17) is 14.6 Å². The number of aliphatic hydroxyl groups is 2. The minimum atomic E-state index is -0.904. The van der Waals surface area contributed by atoms with E-state index in [-0.39, 0.29) is 19.2 Å². The molecule has 0 saturated heterocycles. The highest BCUT2D eigenvalue weighted by molar-refractivity contribution is 5.89. The van der Waals surface area contributed by atoms with Gasteiger partial charge >= 0.3 is 5.97 Å². The second-order valence-corrected chi connectivity index (χ2v) is 6.62. The first-order valence-electron chi connectivity index (χ1n) is 8.75. The van der Waals surface area contributed by atoms with E-state index >= 15 is 0 Å². The Bertz CT molecular complexity index is 694. The lowest BCUT2D eigenvalue weighted by Crippen LogP contribution is -2.21. The van der Waals surface area contributed by atoms with Gasteiger partial charge in [-0.25, -0.2) is 4.79 Å². The van der Waals surface area contributed by atoms with Crippen LogP contribution in [0.2, 0.25) is 0 Å². The molecule has 140 valence electrons. The number of carbonyl (C=O) groups excluding carboxylic acids is 1. The molecule has 0 aliphatic heterocycles. The molecular formula is C21H26O5. The number of esters is 1. The molecule has 0 bridgehead atoms. The summed E-state index contributed by atoms with van der Waals surface area (Å²) < 4.78 is 10.8. The zero-order valence-electron chi connectivity index (χ0n) is 15.2. The lowest BCUT2D eigenvalue weighted by atomic mass is 10.0. The number of para-hydroxylation sites is 1. The molecule has 0 saturated carbocycles. The molecule has 2 N–H and O–H groups in total. The Kier molecular flexibility index (Phi) is 7.63. The van der Waals surface area contributed by atoms with Crippen molar-refractivity contribution in [2.75, 3.05) is 19.8 Å². The van der Waals surface area contributed by atoms with Crippen molar-refractivity contribution in [3.63, 3.8) is 0 Å². The van der Waals surface area contributed by atoms with E-state index in [9.17, 15) is 9.90 Å². The van der Waals surface area contributed by atoms with Crippen molar-refractivity contribution in [3.05, 3.63) is 65.2 Å². The molecule has 26 heavy (non-hydrogen) atoms. The van der Waals surface area contributed by atoms with Gasteiger partial charge in [-0.2, -0.15) is 0 Å². The van der Waals surface area contributed by atoms with Crippen LogP contribution in [0.3, 0.4) is 0 Å². The van der Waals surface area contributed by atoms with Gasteiger partial charge in [0.25, 0.3) is 0 Å². The first kappa shape index (κ1) is 19.9. The Hall–Kier alpha value is -2.37. The smallest absolute Gasteiger partial charge is 0.338 e. The van der Waals surface area contributed by atoms with Crippen LogP contribution in [0.4, 0.5) is 0 Å². The molecule has 0 spiro atoms. The summed E-state index contributed by atoms with van der Waals surface area (Å²) in [6.45, 7) is 4.10. The van der Waals surface area contributed by atoms with Crippen LogP contribution in [0, 0.1) is 5.92 Å². The van der Waals surface area contributed by atoms with Crippen molar-refractivity contribution < 1.29 is 24.5 Å². The molecule has 0 aliphatic rings. The molecule has 0 aliphatic carbocycles. The number of carbonyl (C=O) groups is 1. The average molecular weight is 358 g/mol. The Morgan fingerprint density at radius 1 is 1.04 bits per heavy atom. The fourth-order valence-electron chi connectivity index (χ4n) is 2.33. The molecule has 5 nitrogen and oxygen atoms in total. The molecule has 1 unspecified atom stereocenters. The first-order valence-corrected chi connectivity index (χ1v) is 8.75. The minimum absolute atomic E-state index is 0.0359. The van der Waals surface area contributed by atoms with Crippen LogP contribution in [0.25, 0.3) is 0 Å². The van der Waals surface area contributed by atoms with Crippen molar-refractivity contribution in [2.45, 2.75) is 26.4 Å². The van der Waals surface area contributed by atoms with Gasteiger partial charge in [0.2, 0.25) is 0 Å². The summed E-state index contributed by atoms with van der Waals surface area (Å²) in [5.74, 6) is 0.659. The molecule has 5 heteroatoms. The molecule has 0 aromatic heterocycles. The molecule has 0 fully saturated rings. The van der Waals surface area contributed by atoms with Crippen LogP contribution in [0.15, 0.2) is 48.5 Å². The second-order valence-electron chi connectivity index (χ2n) is 6.62. The van der Waals surface area contributed by atoms with Crippen LogP contribution >= 0.6 is 0 Å². The van der Waals surface area contributed by atoms with E-state index in [1.165, 1.54) is 0 Å². The van der Waals surface area contributed by atoms with E-state index in [0.717, 1.165) is 11.1 Å². The maximum Gasteiger partial charge on any atom is 0.338 e. The summed E-state index contributed by atoms with van der Waals surface area (Å²) in [6, 6.07) is 14.9. The van der Waals surface area contributed by atoms with Gasteiger partial charge in [0, 0.05) is 6.42 Å². The Labute approximate surface area is 154 Å². The molecule has 1 atom stereocenters. The van der Waals surface area contributed by atoms with Crippen molar-refractivity contribution in [1.82, 2.24) is 0 Å². The topological polar surface area (TPSA) is 76.0 Å². The molecule has 2 aromatic rings. The normalized spacial score (nSPS) is 12.0. The zero-order chi connectivity index (χ0) is 18.9. The lowest BCUT2D eigenvalue weighted by Gasteiger charge is -2.14. The second kappa shape index (κ2) is 9.94. The largest absolute Gasteiger partial charge is 0.491 e. The molecule has 2 aromatic carbocycles. The quantitative estimate of drug-likeness (QED) is 0.674. The summed E-state index contributed by atoms with van der Waals surface area (Å²) in [5, 5.41) is 18.3. The summed E-state index contributed by atoms with van der Waals surface area (Å²) in [5.41, 5.74) is 2.53. The lowest BCUT2D eigenvalue weighted by molar-refractivity contribution is 0.0459. The van der Waals surface area contributed by atoms with Crippen molar-refractivity contribution in [1.29, 1.82) is 0 Å². The molecule has 0 amide bonds. The number of benzene rings is 2. The van der Waals surface area contributed by atoms with E-state index in [0.29, 0.717) is 30.3 Å². The zero-order valence-corrected chi connectivity index (χ0v) is 15.2. The third-order valence-electron chi connectivity index (χ3n) is 3.75. The Morgan fingerprint density at radius 2 is 1.73 bits per heavy atom. The number of rotatable bonds is 9. The number of ether oxygens (including phenoxy) is 2. The van der Waals surface area contributed by atoms with Gasteiger partial charge in [-0.15, -0.1) is 0 Å². The molecule has 0 radical (unpaired) electrons. The maximum atomic E-state index is 12.0. The van der Waals surface area contributed by atoms with Crippen LogP contribution in [0.5, 0.6) is 5.75 Å². The van der Waals surface area contributed by atoms with Gasteiger partial charge in [-0.05, 0) is 35.2 Å². The monoisotopic (exact) mass is 358 g/mol. The number of aliphatic hydroxyl groups excluding tert-OH is 2. The van der Waals surface area contributed by atoms with Crippen molar-refractivity contribution >= 4 is 5.97 Å². The Morgan fingerprint density at radius 3 is 2.38 bits per heavy atom. The van der Waals surface area contributed by atoms with Gasteiger partial charge in [-0.3, -0.25) is 0 Å². The predicted octanol–water partition coefficient (Wildman–Crippen LogP) is 2.82. The maximum absolute atomic E-state index is 12.0. The van der Waals surface area contributed by atoms with Gasteiger partial charge in [-0.1, -0.05) is 44.2 Å². The highest BCUT2D eigenvalue weighted by Crippen LogP contribution is 2.22. The fraction of sp³-hybridized carbons (Fsp3) is 0.381. The summed E-state index contributed by atoms with van der Waals surface area (Å²) in [4.78, 5) is 12.0. The SMILES string of the molecule is CC(C)COC(=O)c1ccc(Cc2ccccc2OCC(O)CO)cc1. The summed E-state index contributed by atoms with van der Waals surface area (Å²) in [6.07, 6.45) is -0.272. The van der Waals surface area contributed by atoms with Crippen LogP contribution in [-0.4, -0.2) is 42.1 Å². The van der Waals surface area contributed by atoms with E-state index < -0.39 is 6.10 Å². The van der Waals surface area contributed by atoms with Crippen molar-refractivity contribution in [2.24, 2.45) is 5.92 Å². The number of hydrogen-bond donors (Lipinski definition) is 2. The standard InChI is InChI=1S/C21H26O5/c1-15(2)13-26-21(24)17-9-7-16(8-10-17)11-18-5-3-4-6-20(18)25-14-19(23)12-22/h3-10,15,19,22-23H,11-14H2,1-2H3. The van der Waals surface area contributed by atoms with Gasteiger partial charge in [0.15, 0.2) is 0 Å². The summed E-state index contributed by atoms with van der Waals surface area (Å²) >= 11 is 0. The van der Waals surface area contributed by atoms with E-state index in [1.807, 2.05) is 50.2 Å². The fourth-order valence-corrected chi connectivity index (χ4v) is 2.33. The predicted molar refractivity (Wildman–Crippen MR) is 99.4 cm³/mol. The highest BCUT2D eigenvalue weighted by Gasteiger charge is 2.10. The minimum Gasteiger partial charge on any atom is -0.491 e. The number of hydrogen-bond acceptors (Lipinski definition) is 5. The molecule has 2 rings (SSSR count). The van der Waals surface area contributed by atoms with Crippen LogP contribution in [-0.2, 0) is 11.2 Å². The van der Waals surface area contributed by atoms with Crippen LogP contribution < -0.4 is 4.74 Å². The third-order valence-corrected chi connectivity index (χ3v) is 3.75. The van der Waals surface area contributed by atoms with Crippen molar-refractivity contribution in [3.8, 4) is 5.75 Å². The first-order chi connectivity index (χ1) is 12.5. The third kappa shape index (κ3) is 6.17. The molecule has 0 heterocycles. The van der Waals surface area contributed by atoms with Gasteiger partial charge in [0.05, 0.1) is 18.8 Å². The Balaban J connectivity index is 2.01. The van der Waals surface area contributed by atoms with E-state index in [2.05, 4.69) is 0 Å². The highest BCUT2D eigenvalue weighted by atomic mass is 16.5.